The van der Waals surface area contributed by atoms with Crippen LogP contribution in [0.1, 0.15) is 26.0 Å². The number of ether oxygens (including phenoxy) is 1. The molecular weight excluding hydrogens is 262 g/mol. The van der Waals surface area contributed by atoms with Crippen LogP contribution >= 0.6 is 11.3 Å². The summed E-state index contributed by atoms with van der Waals surface area (Å²) < 4.78 is 4.89. The minimum Gasteiger partial charge on any atom is -0.466 e. The van der Waals surface area contributed by atoms with E-state index in [-0.39, 0.29) is 5.97 Å². The molecule has 0 amide bonds. The van der Waals surface area contributed by atoms with Crippen LogP contribution in [0.2, 0.25) is 0 Å². The van der Waals surface area contributed by atoms with Crippen molar-refractivity contribution in [3.63, 3.8) is 0 Å². The second-order valence-corrected chi connectivity index (χ2v) is 5.13. The van der Waals surface area contributed by atoms with Crippen LogP contribution in [0.5, 0.6) is 0 Å². The molecule has 1 N–H and O–H groups in total. The third kappa shape index (κ3) is 6.54. The summed E-state index contributed by atoms with van der Waals surface area (Å²) in [6.45, 7) is 7.31. The fourth-order valence-electron chi connectivity index (χ4n) is 1.48. The lowest BCUT2D eigenvalue weighted by molar-refractivity contribution is -0.143. The molecule has 0 atom stereocenters. The highest BCUT2D eigenvalue weighted by atomic mass is 32.1. The highest BCUT2D eigenvalue weighted by Gasteiger charge is 2.06. The second-order valence-electron chi connectivity index (χ2n) is 4.27. The average Bonchev–Trinajstić information content (AvgIpc) is 2.84. The zero-order valence-corrected chi connectivity index (χ0v) is 12.8. The number of esters is 1. The maximum Gasteiger partial charge on any atom is 0.306 e. The second kappa shape index (κ2) is 8.87. The van der Waals surface area contributed by atoms with E-state index in [0.29, 0.717) is 19.4 Å². The van der Waals surface area contributed by atoms with Gasteiger partial charge in [-0.25, -0.2) is 4.98 Å². The van der Waals surface area contributed by atoms with E-state index in [1.807, 2.05) is 12.3 Å². The molecule has 1 heterocycles. The molecule has 0 unspecified atom stereocenters. The van der Waals surface area contributed by atoms with Crippen molar-refractivity contribution in [1.82, 2.24) is 9.88 Å². The summed E-state index contributed by atoms with van der Waals surface area (Å²) in [5.41, 5.74) is 0.949. The standard InChI is InChI=1S/C13H23N3O2S/c1-4-16(3)9-8-14-13-15-11(10-19-13)6-7-12(17)18-5-2/h10H,4-9H2,1-3H3,(H,14,15). The van der Waals surface area contributed by atoms with Crippen molar-refractivity contribution < 1.29 is 9.53 Å². The number of thiazole rings is 1. The van der Waals surface area contributed by atoms with E-state index in [4.69, 9.17) is 4.74 Å². The first kappa shape index (κ1) is 15.9. The first-order valence-corrected chi connectivity index (χ1v) is 7.56. The fraction of sp³-hybridized carbons (Fsp3) is 0.692. The van der Waals surface area contributed by atoms with Crippen molar-refractivity contribution in [3.05, 3.63) is 11.1 Å². The van der Waals surface area contributed by atoms with Crippen LogP contribution in [0.25, 0.3) is 0 Å². The molecule has 108 valence electrons. The molecule has 0 aliphatic heterocycles. The van der Waals surface area contributed by atoms with Gasteiger partial charge in [-0.05, 0) is 20.5 Å². The number of hydrogen-bond acceptors (Lipinski definition) is 6. The monoisotopic (exact) mass is 285 g/mol. The average molecular weight is 285 g/mol. The number of rotatable bonds is 9. The van der Waals surface area contributed by atoms with Gasteiger partial charge in [0.2, 0.25) is 0 Å². The van der Waals surface area contributed by atoms with E-state index in [9.17, 15) is 4.79 Å². The Bertz CT molecular complexity index is 382. The highest BCUT2D eigenvalue weighted by molar-refractivity contribution is 7.13. The van der Waals surface area contributed by atoms with Gasteiger partial charge in [-0.2, -0.15) is 0 Å². The molecule has 0 aliphatic rings. The first-order valence-electron chi connectivity index (χ1n) is 6.68. The molecule has 0 aliphatic carbocycles. The number of hydrogen-bond donors (Lipinski definition) is 1. The quantitative estimate of drug-likeness (QED) is 0.703. The zero-order valence-electron chi connectivity index (χ0n) is 11.9. The fourth-order valence-corrected chi connectivity index (χ4v) is 2.25. The molecule has 0 spiro atoms. The van der Waals surface area contributed by atoms with Crippen molar-refractivity contribution in [2.75, 3.05) is 38.6 Å². The minimum atomic E-state index is -0.158. The molecule has 6 heteroatoms. The SMILES string of the molecule is CCOC(=O)CCc1csc(NCCN(C)CC)n1. The Morgan fingerprint density at radius 1 is 1.53 bits per heavy atom. The Morgan fingerprint density at radius 3 is 3.00 bits per heavy atom. The number of nitrogens with zero attached hydrogens (tertiary/aromatic N) is 2. The molecule has 0 saturated heterocycles. The number of likely N-dealkylation sites (N-methyl/N-ethyl adjacent to an activating group) is 1. The van der Waals surface area contributed by atoms with Gasteiger partial charge in [-0.1, -0.05) is 6.92 Å². The van der Waals surface area contributed by atoms with E-state index in [1.54, 1.807) is 11.3 Å². The summed E-state index contributed by atoms with van der Waals surface area (Å²) in [4.78, 5) is 17.9. The van der Waals surface area contributed by atoms with E-state index in [0.717, 1.165) is 30.5 Å². The van der Waals surface area contributed by atoms with Gasteiger partial charge in [0.1, 0.15) is 0 Å². The Hall–Kier alpha value is -1.14. The maximum absolute atomic E-state index is 11.2. The minimum absolute atomic E-state index is 0.158. The van der Waals surface area contributed by atoms with Crippen LogP contribution in [0, 0.1) is 0 Å². The van der Waals surface area contributed by atoms with Crippen molar-refractivity contribution in [3.8, 4) is 0 Å². The van der Waals surface area contributed by atoms with E-state index < -0.39 is 0 Å². The van der Waals surface area contributed by atoms with Crippen LogP contribution in [0.3, 0.4) is 0 Å². The number of aromatic nitrogens is 1. The predicted molar refractivity (Wildman–Crippen MR) is 78.7 cm³/mol. The lowest BCUT2D eigenvalue weighted by Crippen LogP contribution is -2.24. The van der Waals surface area contributed by atoms with Crippen molar-refractivity contribution in [2.24, 2.45) is 0 Å². The molecular formula is C13H23N3O2S. The molecule has 5 nitrogen and oxygen atoms in total. The summed E-state index contributed by atoms with van der Waals surface area (Å²) in [6, 6.07) is 0. The van der Waals surface area contributed by atoms with E-state index >= 15 is 0 Å². The van der Waals surface area contributed by atoms with Gasteiger partial charge in [0.15, 0.2) is 5.13 Å². The van der Waals surface area contributed by atoms with Gasteiger partial charge >= 0.3 is 5.97 Å². The van der Waals surface area contributed by atoms with Gasteiger partial charge in [-0.15, -0.1) is 11.3 Å². The smallest absolute Gasteiger partial charge is 0.306 e. The molecule has 0 fully saturated rings. The molecule has 1 aromatic heterocycles. The molecule has 1 rings (SSSR count). The third-order valence-corrected chi connectivity index (χ3v) is 3.60. The summed E-state index contributed by atoms with van der Waals surface area (Å²) in [6.07, 6.45) is 1.04. The van der Waals surface area contributed by atoms with Gasteiger partial charge in [0.05, 0.1) is 18.7 Å². The topological polar surface area (TPSA) is 54.5 Å². The number of carbonyl (C=O) groups excluding carboxylic acids is 1. The molecule has 0 radical (unpaired) electrons. The Kier molecular flexibility index (Phi) is 7.43. The Labute approximate surface area is 119 Å². The first-order chi connectivity index (χ1) is 9.15. The number of anilines is 1. The molecule has 0 saturated carbocycles. The highest BCUT2D eigenvalue weighted by Crippen LogP contribution is 2.16. The van der Waals surface area contributed by atoms with Crippen LogP contribution in [0.4, 0.5) is 5.13 Å². The molecule has 19 heavy (non-hydrogen) atoms. The normalized spacial score (nSPS) is 10.7. The van der Waals surface area contributed by atoms with E-state index in [1.165, 1.54) is 0 Å². The van der Waals surface area contributed by atoms with Gasteiger partial charge in [0.25, 0.3) is 0 Å². The maximum atomic E-state index is 11.2. The molecule has 0 aromatic carbocycles. The summed E-state index contributed by atoms with van der Waals surface area (Å²) in [5, 5.41) is 6.20. The van der Waals surface area contributed by atoms with Crippen LogP contribution in [0.15, 0.2) is 5.38 Å². The summed E-state index contributed by atoms with van der Waals surface area (Å²) >= 11 is 1.58. The predicted octanol–water partition coefficient (Wildman–Crippen LogP) is 2.00. The lowest BCUT2D eigenvalue weighted by Gasteiger charge is -2.13. The van der Waals surface area contributed by atoms with E-state index in [2.05, 4.69) is 29.2 Å². The number of nitrogens with one attached hydrogen (secondary N) is 1. The van der Waals surface area contributed by atoms with Crippen LogP contribution < -0.4 is 5.32 Å². The van der Waals surface area contributed by atoms with Crippen molar-refractivity contribution >= 4 is 22.4 Å². The Morgan fingerprint density at radius 2 is 2.32 bits per heavy atom. The largest absolute Gasteiger partial charge is 0.466 e. The van der Waals surface area contributed by atoms with Gasteiger partial charge in [0, 0.05) is 24.9 Å². The van der Waals surface area contributed by atoms with Gasteiger partial charge < -0.3 is 15.0 Å². The van der Waals surface area contributed by atoms with Crippen LogP contribution in [-0.4, -0.2) is 49.1 Å². The summed E-state index contributed by atoms with van der Waals surface area (Å²) in [5.74, 6) is -0.158. The summed E-state index contributed by atoms with van der Waals surface area (Å²) in [7, 11) is 2.09. The van der Waals surface area contributed by atoms with Gasteiger partial charge in [-0.3, -0.25) is 4.79 Å². The lowest BCUT2D eigenvalue weighted by atomic mass is 10.2. The zero-order chi connectivity index (χ0) is 14.1. The number of aryl methyl sites for hydroxylation is 1. The molecule has 1 aromatic rings. The van der Waals surface area contributed by atoms with Crippen LogP contribution in [-0.2, 0) is 16.0 Å². The third-order valence-electron chi connectivity index (χ3n) is 2.75. The Balaban J connectivity index is 2.26. The molecule has 0 bridgehead atoms. The number of carbonyl (C=O) groups is 1. The van der Waals surface area contributed by atoms with Crippen molar-refractivity contribution in [2.45, 2.75) is 26.7 Å². The van der Waals surface area contributed by atoms with Crippen molar-refractivity contribution in [1.29, 1.82) is 0 Å².